The highest BCUT2D eigenvalue weighted by Crippen LogP contribution is 2.41. The predicted molar refractivity (Wildman–Crippen MR) is 146 cm³/mol. The van der Waals surface area contributed by atoms with Crippen LogP contribution >= 0.6 is 22.6 Å². The number of hydrogen-bond acceptors (Lipinski definition) is 4. The molecular formula is C24H49IO4Si2. The van der Waals surface area contributed by atoms with Crippen LogP contribution in [0.3, 0.4) is 0 Å². The fourth-order valence-corrected chi connectivity index (χ4v) is 6.03. The molecule has 5 atom stereocenters. The molecule has 1 rings (SSSR count). The van der Waals surface area contributed by atoms with E-state index in [1.54, 1.807) is 0 Å². The van der Waals surface area contributed by atoms with Gasteiger partial charge in [0.1, 0.15) is 0 Å². The molecule has 0 unspecified atom stereocenters. The summed E-state index contributed by atoms with van der Waals surface area (Å²) in [6.07, 6.45) is 4.26. The number of rotatable bonds is 10. The minimum Gasteiger partial charge on any atom is -0.414 e. The monoisotopic (exact) mass is 584 g/mol. The standard InChI is InChI=1S/C24H49IO4Si2/c1-18-15-21(28-20(18)13-12-14-25)22(29-31(10,11)24(5,6)7)16-19(26)17-27-30(8,9)23(2,3)4/h12,14,18-22,26H,13,15-17H2,1-11H3/b14-12-/t18-,19-,20-,21-,22-/m0/s1. The second-order valence-electron chi connectivity index (χ2n) is 12.4. The Balaban J connectivity index is 2.93. The topological polar surface area (TPSA) is 47.9 Å². The molecule has 1 fully saturated rings. The Labute approximate surface area is 208 Å². The lowest BCUT2D eigenvalue weighted by molar-refractivity contribution is -0.0511. The van der Waals surface area contributed by atoms with E-state index >= 15 is 0 Å². The molecule has 0 aliphatic carbocycles. The van der Waals surface area contributed by atoms with E-state index in [4.69, 9.17) is 13.6 Å². The van der Waals surface area contributed by atoms with Crippen molar-refractivity contribution in [3.8, 4) is 0 Å². The molecule has 1 saturated heterocycles. The Bertz CT molecular complexity index is 581. The molecule has 0 aromatic heterocycles. The molecule has 1 N–H and O–H groups in total. The van der Waals surface area contributed by atoms with Gasteiger partial charge in [0.05, 0.1) is 31.0 Å². The average molecular weight is 585 g/mol. The van der Waals surface area contributed by atoms with Crippen LogP contribution in [0.5, 0.6) is 0 Å². The lowest BCUT2D eigenvalue weighted by Gasteiger charge is -2.41. The zero-order valence-corrected chi connectivity index (χ0v) is 26.1. The summed E-state index contributed by atoms with van der Waals surface area (Å²) in [5.74, 6) is 0.490. The van der Waals surface area contributed by atoms with Crippen molar-refractivity contribution in [3.05, 3.63) is 10.2 Å². The molecule has 4 nitrogen and oxygen atoms in total. The van der Waals surface area contributed by atoms with Crippen molar-refractivity contribution < 1.29 is 18.7 Å². The molecule has 0 bridgehead atoms. The Hall–Kier alpha value is 0.744. The molecule has 0 aromatic carbocycles. The van der Waals surface area contributed by atoms with Gasteiger partial charge in [-0.1, -0.05) is 77.1 Å². The highest BCUT2D eigenvalue weighted by molar-refractivity contribution is 14.1. The fraction of sp³-hybridized carbons (Fsp3) is 0.917. The van der Waals surface area contributed by atoms with Crippen LogP contribution < -0.4 is 0 Å². The predicted octanol–water partition coefficient (Wildman–Crippen LogP) is 7.28. The number of hydrogen-bond donors (Lipinski definition) is 1. The summed E-state index contributed by atoms with van der Waals surface area (Å²) in [5.41, 5.74) is 0. The lowest BCUT2D eigenvalue weighted by Crippen LogP contribution is -2.49. The number of aliphatic hydroxyl groups excluding tert-OH is 1. The van der Waals surface area contributed by atoms with Gasteiger partial charge in [-0.05, 0) is 59.1 Å². The second-order valence-corrected chi connectivity index (χ2v) is 22.7. The van der Waals surface area contributed by atoms with Gasteiger partial charge in [-0.2, -0.15) is 0 Å². The molecular weight excluding hydrogens is 535 g/mol. The molecule has 7 heteroatoms. The molecule has 31 heavy (non-hydrogen) atoms. The van der Waals surface area contributed by atoms with Crippen LogP contribution in [0.1, 0.15) is 67.7 Å². The molecule has 1 heterocycles. The maximum absolute atomic E-state index is 10.9. The highest BCUT2D eigenvalue weighted by Gasteiger charge is 2.45. The van der Waals surface area contributed by atoms with Crippen molar-refractivity contribution in [1.29, 1.82) is 0 Å². The van der Waals surface area contributed by atoms with Crippen LogP contribution in [0.2, 0.25) is 36.3 Å². The third kappa shape index (κ3) is 8.79. The first-order valence-electron chi connectivity index (χ1n) is 11.8. The largest absolute Gasteiger partial charge is 0.414 e. The van der Waals surface area contributed by atoms with Gasteiger partial charge in [0.2, 0.25) is 0 Å². The van der Waals surface area contributed by atoms with Gasteiger partial charge in [0.15, 0.2) is 16.6 Å². The van der Waals surface area contributed by atoms with Gasteiger partial charge in [0, 0.05) is 6.42 Å². The molecule has 0 spiro atoms. The van der Waals surface area contributed by atoms with Crippen molar-refractivity contribution in [2.45, 2.75) is 128 Å². The normalized spacial score (nSPS) is 25.9. The quantitative estimate of drug-likeness (QED) is 0.217. The van der Waals surface area contributed by atoms with E-state index in [-0.39, 0.29) is 28.4 Å². The molecule has 1 aliphatic rings. The van der Waals surface area contributed by atoms with Crippen LogP contribution in [0, 0.1) is 5.92 Å². The van der Waals surface area contributed by atoms with Crippen LogP contribution in [-0.2, 0) is 13.6 Å². The summed E-state index contributed by atoms with van der Waals surface area (Å²) >= 11 is 2.26. The van der Waals surface area contributed by atoms with Crippen molar-refractivity contribution in [1.82, 2.24) is 0 Å². The number of aliphatic hydroxyl groups is 1. The minimum absolute atomic E-state index is 0.0271. The zero-order valence-electron chi connectivity index (χ0n) is 21.9. The van der Waals surface area contributed by atoms with E-state index in [1.165, 1.54) is 0 Å². The maximum Gasteiger partial charge on any atom is 0.192 e. The van der Waals surface area contributed by atoms with Crippen molar-refractivity contribution in [3.63, 3.8) is 0 Å². The first-order chi connectivity index (χ1) is 13.9. The Morgan fingerprint density at radius 3 is 2.10 bits per heavy atom. The SMILES string of the molecule is C[C@H]1C[C@@H]([C@H](C[C@H](O)CO[Si](C)(C)C(C)(C)C)O[Si](C)(C)C(C)(C)C)O[C@H]1C/C=C\I. The van der Waals surface area contributed by atoms with E-state index in [1.807, 2.05) is 0 Å². The van der Waals surface area contributed by atoms with Gasteiger partial charge >= 0.3 is 0 Å². The van der Waals surface area contributed by atoms with E-state index < -0.39 is 22.7 Å². The van der Waals surface area contributed by atoms with Crippen molar-refractivity contribution in [2.75, 3.05) is 6.61 Å². The summed E-state index contributed by atoms with van der Waals surface area (Å²) in [6.45, 7) is 25.2. The van der Waals surface area contributed by atoms with Gasteiger partial charge in [0.25, 0.3) is 0 Å². The van der Waals surface area contributed by atoms with Crippen LogP contribution in [0.15, 0.2) is 10.2 Å². The maximum atomic E-state index is 10.9. The third-order valence-electron chi connectivity index (χ3n) is 7.66. The van der Waals surface area contributed by atoms with E-state index in [0.717, 1.165) is 12.8 Å². The molecule has 1 aliphatic heterocycles. The summed E-state index contributed by atoms with van der Waals surface area (Å²) in [5, 5.41) is 11.2. The fourth-order valence-electron chi connectivity index (χ4n) is 3.33. The van der Waals surface area contributed by atoms with Gasteiger partial charge in [-0.25, -0.2) is 0 Å². The Morgan fingerprint density at radius 1 is 1.06 bits per heavy atom. The first-order valence-corrected chi connectivity index (χ1v) is 18.9. The number of halogens is 1. The molecule has 0 amide bonds. The second kappa shape index (κ2) is 11.4. The van der Waals surface area contributed by atoms with Crippen LogP contribution in [-0.4, -0.2) is 52.8 Å². The van der Waals surface area contributed by atoms with E-state index in [2.05, 4.69) is 107 Å². The molecule has 184 valence electrons. The zero-order chi connectivity index (χ0) is 24.3. The summed E-state index contributed by atoms with van der Waals surface area (Å²) in [7, 11) is -3.90. The van der Waals surface area contributed by atoms with Crippen molar-refractivity contribution in [2.24, 2.45) is 5.92 Å². The van der Waals surface area contributed by atoms with Crippen LogP contribution in [0.4, 0.5) is 0 Å². The Morgan fingerprint density at radius 2 is 1.61 bits per heavy atom. The molecule has 0 aromatic rings. The molecule has 0 saturated carbocycles. The van der Waals surface area contributed by atoms with Gasteiger partial charge in [-0.15, -0.1) is 0 Å². The highest BCUT2D eigenvalue weighted by atomic mass is 127. The average Bonchev–Trinajstić information content (AvgIpc) is 2.96. The summed E-state index contributed by atoms with van der Waals surface area (Å²) in [4.78, 5) is 0. The van der Waals surface area contributed by atoms with Gasteiger partial charge < -0.3 is 18.7 Å². The first kappa shape index (κ1) is 29.8. The summed E-state index contributed by atoms with van der Waals surface area (Å²) < 4.78 is 21.7. The van der Waals surface area contributed by atoms with Crippen molar-refractivity contribution >= 4 is 39.2 Å². The minimum atomic E-state index is -2.00. The lowest BCUT2D eigenvalue weighted by atomic mass is 9.96. The Kier molecular flexibility index (Phi) is 11.0. The van der Waals surface area contributed by atoms with E-state index in [9.17, 15) is 5.11 Å². The number of ether oxygens (including phenoxy) is 1. The van der Waals surface area contributed by atoms with Gasteiger partial charge in [-0.3, -0.25) is 0 Å². The summed E-state index contributed by atoms with van der Waals surface area (Å²) in [6, 6.07) is 0. The van der Waals surface area contributed by atoms with E-state index in [0.29, 0.717) is 18.9 Å². The van der Waals surface area contributed by atoms with Crippen LogP contribution in [0.25, 0.3) is 0 Å². The molecule has 0 radical (unpaired) electrons. The smallest absolute Gasteiger partial charge is 0.192 e. The third-order valence-corrected chi connectivity index (χ3v) is 17.2.